The average Bonchev–Trinajstić information content (AvgIpc) is 3.53. The largest absolute Gasteiger partial charge is 0.493 e. The van der Waals surface area contributed by atoms with Crippen molar-refractivity contribution in [1.82, 2.24) is 25.1 Å². The van der Waals surface area contributed by atoms with Crippen LogP contribution < -0.4 is 19.7 Å². The number of ether oxygens (including phenoxy) is 2. The third-order valence-electron chi connectivity index (χ3n) is 5.69. The van der Waals surface area contributed by atoms with Gasteiger partial charge in [-0.1, -0.05) is 18.7 Å². The summed E-state index contributed by atoms with van der Waals surface area (Å²) in [5.41, 5.74) is 0.219. The molecule has 3 aromatic rings. The minimum atomic E-state index is -0.623. The first-order chi connectivity index (χ1) is 17.0. The van der Waals surface area contributed by atoms with Crippen molar-refractivity contribution < 1.29 is 19.2 Å². The van der Waals surface area contributed by atoms with E-state index in [-0.39, 0.29) is 29.3 Å². The Balaban J connectivity index is 1.54. The standard InChI is InChI=1S/C22H27N7O5S/c1-4-35-22-25-19(27-8-5-6-9-27)15-13-24-28(20(15)26-22)10-7-23-21(30)14-11-17(33-2)18(34-3)12-16(14)29(31)32/h11-13H,4-10H2,1-3H3,(H,23,30). The molecule has 1 fully saturated rings. The van der Waals surface area contributed by atoms with Crippen LogP contribution in [0.2, 0.25) is 0 Å². The Morgan fingerprint density at radius 3 is 2.57 bits per heavy atom. The minimum Gasteiger partial charge on any atom is -0.493 e. The number of thioether (sulfide) groups is 1. The molecule has 35 heavy (non-hydrogen) atoms. The monoisotopic (exact) mass is 501 g/mol. The van der Waals surface area contributed by atoms with Crippen molar-refractivity contribution in [3.05, 3.63) is 34.0 Å². The van der Waals surface area contributed by atoms with E-state index in [1.807, 2.05) is 6.92 Å². The molecule has 1 amide bonds. The minimum absolute atomic E-state index is 0.113. The maximum atomic E-state index is 12.8. The number of nitro benzene ring substituents is 1. The Morgan fingerprint density at radius 2 is 1.91 bits per heavy atom. The summed E-state index contributed by atoms with van der Waals surface area (Å²) < 4.78 is 12.0. The highest BCUT2D eigenvalue weighted by Crippen LogP contribution is 2.34. The number of amides is 1. The molecule has 1 saturated heterocycles. The van der Waals surface area contributed by atoms with E-state index in [9.17, 15) is 14.9 Å². The molecule has 2 aromatic heterocycles. The van der Waals surface area contributed by atoms with E-state index in [4.69, 9.17) is 14.5 Å². The Kier molecular flexibility index (Phi) is 7.54. The number of carbonyl (C=O) groups excluding carboxylic acids is 1. The van der Waals surface area contributed by atoms with Crippen LogP contribution in [0.1, 0.15) is 30.1 Å². The number of methoxy groups -OCH3 is 2. The van der Waals surface area contributed by atoms with E-state index in [2.05, 4.69) is 20.3 Å². The van der Waals surface area contributed by atoms with Gasteiger partial charge in [0, 0.05) is 25.7 Å². The van der Waals surface area contributed by atoms with Gasteiger partial charge in [-0.25, -0.2) is 14.6 Å². The van der Waals surface area contributed by atoms with Gasteiger partial charge in [-0.2, -0.15) is 5.10 Å². The predicted octanol–water partition coefficient (Wildman–Crippen LogP) is 2.89. The van der Waals surface area contributed by atoms with E-state index in [0.717, 1.165) is 42.9 Å². The molecule has 4 rings (SSSR count). The summed E-state index contributed by atoms with van der Waals surface area (Å²) in [7, 11) is 2.77. The molecule has 3 heterocycles. The average molecular weight is 502 g/mol. The Morgan fingerprint density at radius 1 is 1.20 bits per heavy atom. The number of nitrogens with one attached hydrogen (secondary N) is 1. The van der Waals surface area contributed by atoms with Gasteiger partial charge in [-0.15, -0.1) is 0 Å². The molecule has 13 heteroatoms. The van der Waals surface area contributed by atoms with Gasteiger partial charge in [0.2, 0.25) is 0 Å². The van der Waals surface area contributed by atoms with Gasteiger partial charge >= 0.3 is 0 Å². The number of fused-ring (bicyclic) bond motifs is 1. The zero-order valence-electron chi connectivity index (χ0n) is 19.8. The first-order valence-electron chi connectivity index (χ1n) is 11.3. The molecule has 0 unspecified atom stereocenters. The van der Waals surface area contributed by atoms with Crippen molar-refractivity contribution in [1.29, 1.82) is 0 Å². The number of hydrogen-bond acceptors (Lipinski definition) is 10. The number of rotatable bonds is 10. The Hall–Kier alpha value is -3.61. The first kappa shape index (κ1) is 24.5. The highest BCUT2D eigenvalue weighted by molar-refractivity contribution is 7.99. The number of nitrogens with zero attached hydrogens (tertiary/aromatic N) is 6. The predicted molar refractivity (Wildman–Crippen MR) is 132 cm³/mol. The van der Waals surface area contributed by atoms with Crippen LogP contribution in [0.15, 0.2) is 23.5 Å². The molecule has 0 saturated carbocycles. The summed E-state index contributed by atoms with van der Waals surface area (Å²) >= 11 is 1.57. The van der Waals surface area contributed by atoms with Gasteiger partial charge in [-0.3, -0.25) is 14.9 Å². The smallest absolute Gasteiger partial charge is 0.286 e. The van der Waals surface area contributed by atoms with E-state index >= 15 is 0 Å². The molecule has 0 atom stereocenters. The van der Waals surface area contributed by atoms with Crippen molar-refractivity contribution in [2.75, 3.05) is 44.5 Å². The number of anilines is 1. The molecule has 186 valence electrons. The molecular formula is C22H27N7O5S. The van der Waals surface area contributed by atoms with Crippen molar-refractivity contribution in [2.45, 2.75) is 31.5 Å². The van der Waals surface area contributed by atoms with Crippen LogP contribution in [0.25, 0.3) is 11.0 Å². The van der Waals surface area contributed by atoms with Gasteiger partial charge in [0.25, 0.3) is 11.6 Å². The molecule has 1 N–H and O–H groups in total. The highest BCUT2D eigenvalue weighted by atomic mass is 32.2. The molecule has 12 nitrogen and oxygen atoms in total. The summed E-state index contributed by atoms with van der Waals surface area (Å²) in [6.07, 6.45) is 4.01. The molecule has 0 aliphatic carbocycles. The van der Waals surface area contributed by atoms with Gasteiger partial charge in [0.15, 0.2) is 22.3 Å². The van der Waals surface area contributed by atoms with Crippen molar-refractivity contribution in [3.63, 3.8) is 0 Å². The van der Waals surface area contributed by atoms with E-state index in [0.29, 0.717) is 17.3 Å². The normalized spacial score (nSPS) is 13.3. The number of carbonyl (C=O) groups is 1. The molecule has 1 aromatic carbocycles. The fourth-order valence-electron chi connectivity index (χ4n) is 4.02. The number of aromatic nitrogens is 4. The SMILES string of the molecule is CCSc1nc(N2CCCC2)c2cnn(CCNC(=O)c3cc(OC)c(OC)cc3[N+](=O)[O-])c2n1. The van der Waals surface area contributed by atoms with Crippen LogP contribution in [0.5, 0.6) is 11.5 Å². The molecule has 1 aliphatic rings. The fourth-order valence-corrected chi connectivity index (χ4v) is 4.58. The Labute approximate surface area is 206 Å². The van der Waals surface area contributed by atoms with Crippen LogP contribution in [-0.2, 0) is 6.54 Å². The summed E-state index contributed by atoms with van der Waals surface area (Å²) in [4.78, 5) is 35.4. The quantitative estimate of drug-likeness (QED) is 0.191. The zero-order chi connectivity index (χ0) is 24.9. The third-order valence-corrected chi connectivity index (χ3v) is 6.42. The lowest BCUT2D eigenvalue weighted by molar-refractivity contribution is -0.385. The maximum Gasteiger partial charge on any atom is 0.286 e. The topological polar surface area (TPSA) is 138 Å². The summed E-state index contributed by atoms with van der Waals surface area (Å²) in [6, 6.07) is 2.48. The van der Waals surface area contributed by atoms with Gasteiger partial charge in [0.05, 0.1) is 43.3 Å². The van der Waals surface area contributed by atoms with Crippen LogP contribution in [-0.4, -0.2) is 70.2 Å². The summed E-state index contributed by atoms with van der Waals surface area (Å²) in [6.45, 7) is 4.48. The van der Waals surface area contributed by atoms with Crippen LogP contribution in [0.4, 0.5) is 11.5 Å². The lowest BCUT2D eigenvalue weighted by Gasteiger charge is -2.17. The summed E-state index contributed by atoms with van der Waals surface area (Å²) in [5, 5.41) is 20.3. The molecule has 0 spiro atoms. The second-order valence-corrected chi connectivity index (χ2v) is 9.03. The van der Waals surface area contributed by atoms with Crippen molar-refractivity contribution in [2.24, 2.45) is 0 Å². The summed E-state index contributed by atoms with van der Waals surface area (Å²) in [5.74, 6) is 1.55. The molecule has 1 aliphatic heterocycles. The number of hydrogen-bond donors (Lipinski definition) is 1. The van der Waals surface area contributed by atoms with Crippen LogP contribution >= 0.6 is 11.8 Å². The maximum absolute atomic E-state index is 12.8. The van der Waals surface area contributed by atoms with Gasteiger partial charge in [0.1, 0.15) is 11.4 Å². The van der Waals surface area contributed by atoms with Crippen molar-refractivity contribution in [3.8, 4) is 11.5 Å². The molecular weight excluding hydrogens is 474 g/mol. The lowest BCUT2D eigenvalue weighted by Crippen LogP contribution is -2.28. The number of benzene rings is 1. The second kappa shape index (κ2) is 10.8. The van der Waals surface area contributed by atoms with E-state index in [1.54, 1.807) is 22.6 Å². The van der Waals surface area contributed by atoms with Crippen molar-refractivity contribution >= 4 is 40.2 Å². The number of nitro groups is 1. The fraction of sp³-hybridized carbons (Fsp3) is 0.455. The van der Waals surface area contributed by atoms with E-state index in [1.165, 1.54) is 26.4 Å². The third kappa shape index (κ3) is 5.09. The van der Waals surface area contributed by atoms with Gasteiger partial charge < -0.3 is 19.7 Å². The van der Waals surface area contributed by atoms with Crippen LogP contribution in [0, 0.1) is 10.1 Å². The first-order valence-corrected chi connectivity index (χ1v) is 12.2. The van der Waals surface area contributed by atoms with Gasteiger partial charge in [-0.05, 0) is 18.6 Å². The van der Waals surface area contributed by atoms with E-state index < -0.39 is 10.8 Å². The molecule has 0 bridgehead atoms. The lowest BCUT2D eigenvalue weighted by atomic mass is 10.1. The second-order valence-electron chi connectivity index (χ2n) is 7.80. The Bertz CT molecular complexity index is 1240. The zero-order valence-corrected chi connectivity index (χ0v) is 20.6. The van der Waals surface area contributed by atoms with Crippen LogP contribution in [0.3, 0.4) is 0 Å². The molecule has 0 radical (unpaired) electrons. The highest BCUT2D eigenvalue weighted by Gasteiger charge is 2.25.